The Morgan fingerprint density at radius 3 is 2.66 bits per heavy atom. The summed E-state index contributed by atoms with van der Waals surface area (Å²) in [4.78, 5) is 39.3. The van der Waals surface area contributed by atoms with Crippen molar-refractivity contribution in [2.45, 2.75) is 13.0 Å². The van der Waals surface area contributed by atoms with Crippen molar-refractivity contribution >= 4 is 34.8 Å². The van der Waals surface area contributed by atoms with E-state index in [1.807, 2.05) is 0 Å². The molecule has 35 heavy (non-hydrogen) atoms. The van der Waals surface area contributed by atoms with Gasteiger partial charge < -0.3 is 24.8 Å². The molecule has 0 bridgehead atoms. The Morgan fingerprint density at radius 1 is 1.00 bits per heavy atom. The molecule has 2 aliphatic rings. The minimum absolute atomic E-state index is 0.0853. The van der Waals surface area contributed by atoms with Gasteiger partial charge in [-0.1, -0.05) is 12.1 Å². The standard InChI is InChI=1S/C25H20FN3O6/c1-14-25(32)29(19-4-2-3-5-20(19)35-14)12-23(30)28-18-11-16(7-8-17(18)26)27-24(31)15-6-9-21-22(10-15)34-13-33-21/h2-11,14H,12-13H2,1H3,(H,27,31)(H,28,30). The van der Waals surface area contributed by atoms with E-state index in [1.54, 1.807) is 49.4 Å². The lowest BCUT2D eigenvalue weighted by atomic mass is 10.1. The molecule has 2 N–H and O–H groups in total. The molecule has 2 aliphatic heterocycles. The maximum absolute atomic E-state index is 14.4. The number of para-hydroxylation sites is 2. The van der Waals surface area contributed by atoms with Crippen LogP contribution in [0.2, 0.25) is 0 Å². The van der Waals surface area contributed by atoms with Gasteiger partial charge in [-0.2, -0.15) is 0 Å². The topological polar surface area (TPSA) is 106 Å². The molecule has 3 aromatic carbocycles. The highest BCUT2D eigenvalue weighted by Crippen LogP contribution is 2.34. The van der Waals surface area contributed by atoms with Crippen LogP contribution < -0.4 is 29.7 Å². The van der Waals surface area contributed by atoms with Crippen molar-refractivity contribution < 1.29 is 33.0 Å². The molecule has 1 atom stereocenters. The van der Waals surface area contributed by atoms with Crippen LogP contribution in [0.25, 0.3) is 0 Å². The van der Waals surface area contributed by atoms with Crippen LogP contribution in [-0.4, -0.2) is 37.2 Å². The van der Waals surface area contributed by atoms with Gasteiger partial charge in [0.25, 0.3) is 11.8 Å². The monoisotopic (exact) mass is 477 g/mol. The van der Waals surface area contributed by atoms with Crippen LogP contribution in [-0.2, 0) is 9.59 Å². The lowest BCUT2D eigenvalue weighted by molar-refractivity contribution is -0.127. The van der Waals surface area contributed by atoms with E-state index >= 15 is 0 Å². The first-order valence-electron chi connectivity index (χ1n) is 10.8. The van der Waals surface area contributed by atoms with Crippen molar-refractivity contribution in [1.29, 1.82) is 0 Å². The average molecular weight is 477 g/mol. The number of hydrogen-bond acceptors (Lipinski definition) is 6. The van der Waals surface area contributed by atoms with Crippen LogP contribution in [0.4, 0.5) is 21.5 Å². The third-order valence-electron chi connectivity index (χ3n) is 5.51. The predicted molar refractivity (Wildman–Crippen MR) is 124 cm³/mol. The molecule has 0 saturated carbocycles. The number of fused-ring (bicyclic) bond motifs is 2. The third kappa shape index (κ3) is 4.45. The SMILES string of the molecule is CC1Oc2ccccc2N(CC(=O)Nc2cc(NC(=O)c3ccc4c(c3)OCO4)ccc2F)C1=O. The van der Waals surface area contributed by atoms with Crippen molar-refractivity contribution in [3.8, 4) is 17.2 Å². The molecule has 3 aromatic rings. The van der Waals surface area contributed by atoms with Crippen molar-refractivity contribution in [3.63, 3.8) is 0 Å². The van der Waals surface area contributed by atoms with Crippen molar-refractivity contribution in [2.75, 3.05) is 28.9 Å². The molecule has 0 aromatic heterocycles. The zero-order valence-electron chi connectivity index (χ0n) is 18.5. The number of ether oxygens (including phenoxy) is 3. The number of amides is 3. The van der Waals surface area contributed by atoms with Gasteiger partial charge in [0, 0.05) is 11.3 Å². The molecule has 178 valence electrons. The van der Waals surface area contributed by atoms with Gasteiger partial charge in [0.2, 0.25) is 12.7 Å². The quantitative estimate of drug-likeness (QED) is 0.582. The predicted octanol–water partition coefficient (Wildman–Crippen LogP) is 3.56. The summed E-state index contributed by atoms with van der Waals surface area (Å²) in [6.45, 7) is 1.34. The summed E-state index contributed by atoms with van der Waals surface area (Å²) in [5, 5.41) is 5.14. The maximum Gasteiger partial charge on any atom is 0.268 e. The number of benzene rings is 3. The number of anilines is 3. The molecule has 0 radical (unpaired) electrons. The first kappa shape index (κ1) is 22.2. The summed E-state index contributed by atoms with van der Waals surface area (Å²) in [5.74, 6) is -0.656. The summed E-state index contributed by atoms with van der Waals surface area (Å²) in [5.41, 5.74) is 0.907. The van der Waals surface area contributed by atoms with Gasteiger partial charge in [0.05, 0.1) is 11.4 Å². The summed E-state index contributed by atoms with van der Waals surface area (Å²) >= 11 is 0. The van der Waals surface area contributed by atoms with E-state index in [4.69, 9.17) is 14.2 Å². The number of carbonyl (C=O) groups excluding carboxylic acids is 3. The molecule has 2 heterocycles. The van der Waals surface area contributed by atoms with E-state index in [0.717, 1.165) is 6.07 Å². The largest absolute Gasteiger partial charge is 0.479 e. The Hall–Kier alpha value is -4.60. The first-order valence-corrected chi connectivity index (χ1v) is 10.8. The van der Waals surface area contributed by atoms with Gasteiger partial charge in [-0.15, -0.1) is 0 Å². The molecule has 3 amide bonds. The van der Waals surface area contributed by atoms with E-state index < -0.39 is 23.7 Å². The molecule has 0 fully saturated rings. The summed E-state index contributed by atoms with van der Waals surface area (Å²) in [6.07, 6.45) is -0.760. The average Bonchev–Trinajstić information content (AvgIpc) is 3.32. The van der Waals surface area contributed by atoms with Crippen molar-refractivity contribution in [1.82, 2.24) is 0 Å². The Morgan fingerprint density at radius 2 is 1.80 bits per heavy atom. The summed E-state index contributed by atoms with van der Waals surface area (Å²) in [6, 6.07) is 15.4. The number of carbonyl (C=O) groups is 3. The minimum atomic E-state index is -0.760. The van der Waals surface area contributed by atoms with E-state index in [2.05, 4.69) is 10.6 Å². The van der Waals surface area contributed by atoms with Gasteiger partial charge in [0.15, 0.2) is 17.6 Å². The second-order valence-electron chi connectivity index (χ2n) is 7.92. The fourth-order valence-electron chi connectivity index (χ4n) is 3.80. The smallest absolute Gasteiger partial charge is 0.268 e. The molecule has 9 nitrogen and oxygen atoms in total. The fraction of sp³-hybridized carbons (Fsp3) is 0.160. The molecule has 1 unspecified atom stereocenters. The Bertz CT molecular complexity index is 1340. The van der Waals surface area contributed by atoms with Gasteiger partial charge in [-0.3, -0.25) is 19.3 Å². The molecular formula is C25H20FN3O6. The van der Waals surface area contributed by atoms with E-state index in [-0.39, 0.29) is 30.6 Å². The Kier molecular flexibility index (Phi) is 5.69. The zero-order valence-corrected chi connectivity index (χ0v) is 18.5. The van der Waals surface area contributed by atoms with E-state index in [0.29, 0.717) is 28.5 Å². The third-order valence-corrected chi connectivity index (χ3v) is 5.51. The normalized spacial score (nSPS) is 15.8. The summed E-state index contributed by atoms with van der Waals surface area (Å²) < 4.78 is 30.5. The minimum Gasteiger partial charge on any atom is -0.479 e. The lowest BCUT2D eigenvalue weighted by Gasteiger charge is -2.32. The molecule has 5 rings (SSSR count). The molecule has 0 saturated heterocycles. The van der Waals surface area contributed by atoms with E-state index in [1.165, 1.54) is 17.0 Å². The van der Waals surface area contributed by atoms with E-state index in [9.17, 15) is 18.8 Å². The molecule has 10 heteroatoms. The summed E-state index contributed by atoms with van der Waals surface area (Å²) in [7, 11) is 0. The molecule has 0 spiro atoms. The number of halogens is 1. The Labute approximate surface area is 199 Å². The van der Waals surface area contributed by atoms with Gasteiger partial charge in [-0.05, 0) is 55.5 Å². The number of hydrogen-bond donors (Lipinski definition) is 2. The highest BCUT2D eigenvalue weighted by Gasteiger charge is 2.32. The fourth-order valence-corrected chi connectivity index (χ4v) is 3.80. The molecule has 0 aliphatic carbocycles. The maximum atomic E-state index is 14.4. The van der Waals surface area contributed by atoms with Crippen LogP contribution in [0, 0.1) is 5.82 Å². The van der Waals surface area contributed by atoms with Gasteiger partial charge in [0.1, 0.15) is 18.1 Å². The second kappa shape index (κ2) is 8.98. The highest BCUT2D eigenvalue weighted by molar-refractivity contribution is 6.07. The Balaban J connectivity index is 1.29. The van der Waals surface area contributed by atoms with Gasteiger partial charge >= 0.3 is 0 Å². The molecular weight excluding hydrogens is 457 g/mol. The van der Waals surface area contributed by atoms with Crippen LogP contribution >= 0.6 is 0 Å². The van der Waals surface area contributed by atoms with Crippen molar-refractivity contribution in [2.24, 2.45) is 0 Å². The first-order chi connectivity index (χ1) is 16.9. The van der Waals surface area contributed by atoms with Crippen molar-refractivity contribution in [3.05, 3.63) is 72.0 Å². The zero-order chi connectivity index (χ0) is 24.5. The number of nitrogens with one attached hydrogen (secondary N) is 2. The van der Waals surface area contributed by atoms with Gasteiger partial charge in [-0.25, -0.2) is 4.39 Å². The van der Waals surface area contributed by atoms with Crippen LogP contribution in [0.1, 0.15) is 17.3 Å². The lowest BCUT2D eigenvalue weighted by Crippen LogP contribution is -2.47. The highest BCUT2D eigenvalue weighted by atomic mass is 19.1. The van der Waals surface area contributed by atoms with Crippen LogP contribution in [0.5, 0.6) is 17.2 Å². The van der Waals surface area contributed by atoms with Crippen LogP contribution in [0.3, 0.4) is 0 Å². The number of rotatable bonds is 5. The second-order valence-corrected chi connectivity index (χ2v) is 7.92. The number of nitrogens with zero attached hydrogens (tertiary/aromatic N) is 1. The van der Waals surface area contributed by atoms with Crippen LogP contribution in [0.15, 0.2) is 60.7 Å².